The Balaban J connectivity index is 2.03. The molecule has 0 aromatic heterocycles. The van der Waals surface area contributed by atoms with Gasteiger partial charge in [0.15, 0.2) is 18.3 Å². The Kier molecular flexibility index (Phi) is 11.0. The van der Waals surface area contributed by atoms with Gasteiger partial charge in [0.1, 0.15) is 18.8 Å². The first-order chi connectivity index (χ1) is 19.4. The van der Waals surface area contributed by atoms with Crippen LogP contribution in [0.4, 0.5) is 0 Å². The van der Waals surface area contributed by atoms with Crippen molar-refractivity contribution in [2.24, 2.45) is 0 Å². The van der Waals surface area contributed by atoms with E-state index >= 15 is 0 Å². The number of hydrogen-bond acceptors (Lipinski definition) is 10. The number of carbonyl (C=O) groups is 4. The third-order valence-corrected chi connectivity index (χ3v) is 6.71. The third-order valence-electron chi connectivity index (χ3n) is 6.34. The van der Waals surface area contributed by atoms with Gasteiger partial charge in [-0.1, -0.05) is 54.6 Å². The molecule has 1 N–H and O–H groups in total. The number of hydrogen-bond donors (Lipinski definition) is 1. The molecule has 0 spiro atoms. The van der Waals surface area contributed by atoms with Gasteiger partial charge in [0.25, 0.3) is 0 Å². The van der Waals surface area contributed by atoms with Gasteiger partial charge in [-0.25, -0.2) is 0 Å². The van der Waals surface area contributed by atoms with Crippen LogP contribution in [0.5, 0.6) is 0 Å². The summed E-state index contributed by atoms with van der Waals surface area (Å²) < 4.78 is 28.0. The Labute approximate surface area is 243 Å². The fraction of sp³-hybridized carbons (Fsp3) is 0.400. The van der Waals surface area contributed by atoms with Crippen LogP contribution in [-0.2, 0) is 49.3 Å². The topological polar surface area (TPSA) is 135 Å². The van der Waals surface area contributed by atoms with E-state index in [1.54, 1.807) is 18.2 Å². The number of halogens is 1. The molecular formula is C30H33ClO10. The van der Waals surface area contributed by atoms with E-state index in [2.05, 4.69) is 6.58 Å². The lowest BCUT2D eigenvalue weighted by molar-refractivity contribution is -0.254. The smallest absolute Gasteiger partial charge is 0.303 e. The molecule has 0 bridgehead atoms. The molecule has 1 saturated heterocycles. The van der Waals surface area contributed by atoms with Crippen molar-refractivity contribution in [3.63, 3.8) is 0 Å². The Hall–Kier alpha value is -3.73. The lowest BCUT2D eigenvalue weighted by atomic mass is 9.89. The largest absolute Gasteiger partial charge is 0.463 e. The summed E-state index contributed by atoms with van der Waals surface area (Å²) in [5.74, 6) is -2.69. The van der Waals surface area contributed by atoms with Gasteiger partial charge in [0, 0.05) is 32.7 Å². The zero-order valence-corrected chi connectivity index (χ0v) is 24.0. The Morgan fingerprint density at radius 3 is 2.00 bits per heavy atom. The normalized spacial score (nSPS) is 21.9. The molecule has 1 fully saturated rings. The number of esters is 4. The van der Waals surface area contributed by atoms with Crippen molar-refractivity contribution in [1.82, 2.24) is 0 Å². The van der Waals surface area contributed by atoms with Gasteiger partial charge in [-0.3, -0.25) is 19.2 Å². The summed E-state index contributed by atoms with van der Waals surface area (Å²) in [5.41, 5.74) is 3.60. The van der Waals surface area contributed by atoms with Crippen molar-refractivity contribution < 1.29 is 48.0 Å². The fourth-order valence-corrected chi connectivity index (χ4v) is 4.76. The summed E-state index contributed by atoms with van der Waals surface area (Å²) in [6, 6.07) is 12.6. The van der Waals surface area contributed by atoms with Crippen LogP contribution < -0.4 is 0 Å². The molecule has 3 rings (SSSR count). The number of rotatable bonds is 10. The average molecular weight is 589 g/mol. The van der Waals surface area contributed by atoms with E-state index in [0.29, 0.717) is 22.6 Å². The number of aliphatic hydroxyl groups excluding tert-OH is 1. The summed E-state index contributed by atoms with van der Waals surface area (Å²) in [4.78, 5) is 47.8. The molecule has 0 amide bonds. The SMILES string of the molecule is C=C(CO)c1ccc(Cc2cc([C@@H]3O[C@H](COC(C)=O)[C@@H](OC(C)=O)[C@H](OC(C)=O)[C@H]3OC(C)=O)ccc2Cl)cc1. The summed E-state index contributed by atoms with van der Waals surface area (Å²) >= 11 is 6.54. The standard InChI is InChI=1S/C30H33ClO10/c1-16(14-32)22-8-6-21(7-9-22)12-24-13-23(10-11-25(24)31)27-29(39-19(4)35)30(40-20(5)36)28(38-18(3)34)26(41-27)15-37-17(2)33/h6-11,13,26-30,32H,1,12,14-15H2,2-5H3/t26-,27+,28-,29+,30+/m1/s1. The molecule has 5 atom stereocenters. The monoisotopic (exact) mass is 588 g/mol. The van der Waals surface area contributed by atoms with E-state index in [1.165, 1.54) is 20.8 Å². The highest BCUT2D eigenvalue weighted by atomic mass is 35.5. The van der Waals surface area contributed by atoms with Crippen LogP contribution in [0.1, 0.15) is 56.1 Å². The maximum Gasteiger partial charge on any atom is 0.303 e. The minimum absolute atomic E-state index is 0.150. The maximum atomic E-state index is 12.2. The highest BCUT2D eigenvalue weighted by molar-refractivity contribution is 6.31. The van der Waals surface area contributed by atoms with Gasteiger partial charge in [-0.05, 0) is 40.3 Å². The molecule has 11 heteroatoms. The van der Waals surface area contributed by atoms with Gasteiger partial charge >= 0.3 is 23.9 Å². The second-order valence-corrected chi connectivity index (χ2v) is 10.0. The summed E-state index contributed by atoms with van der Waals surface area (Å²) in [5, 5.41) is 9.80. The van der Waals surface area contributed by atoms with Gasteiger partial charge < -0.3 is 28.8 Å². The van der Waals surface area contributed by atoms with E-state index < -0.39 is 54.4 Å². The van der Waals surface area contributed by atoms with Crippen molar-refractivity contribution in [2.75, 3.05) is 13.2 Å². The zero-order valence-electron chi connectivity index (χ0n) is 23.3. The molecule has 2 aromatic carbocycles. The lowest BCUT2D eigenvalue weighted by Gasteiger charge is -2.44. The number of carbonyl (C=O) groups excluding carboxylic acids is 4. The van der Waals surface area contributed by atoms with E-state index in [4.69, 9.17) is 35.3 Å². The van der Waals surface area contributed by atoms with Crippen molar-refractivity contribution in [2.45, 2.75) is 64.6 Å². The van der Waals surface area contributed by atoms with Gasteiger partial charge in [0.2, 0.25) is 0 Å². The minimum Gasteiger partial charge on any atom is -0.463 e. The molecular weight excluding hydrogens is 556 g/mol. The predicted octanol–water partition coefficient (Wildman–Crippen LogP) is 3.73. The second-order valence-electron chi connectivity index (χ2n) is 9.61. The average Bonchev–Trinajstić information content (AvgIpc) is 2.90. The van der Waals surface area contributed by atoms with Crippen LogP contribution >= 0.6 is 11.6 Å². The van der Waals surface area contributed by atoms with Crippen LogP contribution in [0.15, 0.2) is 49.0 Å². The summed E-state index contributed by atoms with van der Waals surface area (Å²) in [7, 11) is 0. The Morgan fingerprint density at radius 1 is 0.854 bits per heavy atom. The molecule has 1 aliphatic heterocycles. The van der Waals surface area contributed by atoms with Gasteiger partial charge in [-0.2, -0.15) is 0 Å². The fourth-order valence-electron chi connectivity index (χ4n) is 4.57. The highest BCUT2D eigenvalue weighted by Gasteiger charge is 2.52. The molecule has 0 unspecified atom stereocenters. The van der Waals surface area contributed by atoms with Crippen LogP contribution in [-0.4, -0.2) is 66.6 Å². The molecule has 2 aromatic rings. The number of benzene rings is 2. The highest BCUT2D eigenvalue weighted by Crippen LogP contribution is 2.39. The van der Waals surface area contributed by atoms with E-state index in [9.17, 15) is 24.3 Å². The van der Waals surface area contributed by atoms with Crippen molar-refractivity contribution in [3.8, 4) is 0 Å². The molecule has 41 heavy (non-hydrogen) atoms. The van der Waals surface area contributed by atoms with Crippen LogP contribution in [0.2, 0.25) is 5.02 Å². The number of aliphatic hydroxyl groups is 1. The first-order valence-electron chi connectivity index (χ1n) is 12.9. The maximum absolute atomic E-state index is 12.2. The first kappa shape index (κ1) is 31.8. The van der Waals surface area contributed by atoms with Crippen molar-refractivity contribution in [1.29, 1.82) is 0 Å². The molecule has 1 heterocycles. The second kappa shape index (κ2) is 14.2. The quantitative estimate of drug-likeness (QED) is 0.323. The third kappa shape index (κ3) is 8.63. The molecule has 0 aliphatic carbocycles. The Morgan fingerprint density at radius 2 is 1.44 bits per heavy atom. The molecule has 220 valence electrons. The number of ether oxygens (including phenoxy) is 5. The van der Waals surface area contributed by atoms with Crippen LogP contribution in [0.25, 0.3) is 5.57 Å². The first-order valence-corrected chi connectivity index (χ1v) is 13.2. The van der Waals surface area contributed by atoms with Gasteiger partial charge in [0.05, 0.1) is 6.61 Å². The van der Waals surface area contributed by atoms with Crippen molar-refractivity contribution in [3.05, 3.63) is 76.3 Å². The zero-order chi connectivity index (χ0) is 30.3. The van der Waals surface area contributed by atoms with E-state index in [1.807, 2.05) is 24.3 Å². The summed E-state index contributed by atoms with van der Waals surface area (Å²) in [6.07, 6.45) is -5.37. The van der Waals surface area contributed by atoms with E-state index in [0.717, 1.165) is 23.6 Å². The van der Waals surface area contributed by atoms with Gasteiger partial charge in [-0.15, -0.1) is 0 Å². The molecule has 0 saturated carbocycles. The Bertz CT molecular complexity index is 1290. The van der Waals surface area contributed by atoms with Crippen LogP contribution in [0, 0.1) is 0 Å². The summed E-state index contributed by atoms with van der Waals surface area (Å²) in [6.45, 7) is 8.10. The van der Waals surface area contributed by atoms with E-state index in [-0.39, 0.29) is 13.2 Å². The molecule has 1 aliphatic rings. The predicted molar refractivity (Wildman–Crippen MR) is 148 cm³/mol. The van der Waals surface area contributed by atoms with Crippen LogP contribution in [0.3, 0.4) is 0 Å². The molecule has 10 nitrogen and oxygen atoms in total. The van der Waals surface area contributed by atoms with Crippen molar-refractivity contribution >= 4 is 41.1 Å². The minimum atomic E-state index is -1.27. The molecule has 0 radical (unpaired) electrons. The lowest BCUT2D eigenvalue weighted by Crippen LogP contribution is -2.59.